The molecule has 10 aromatic heterocycles. The van der Waals surface area contributed by atoms with E-state index in [9.17, 15) is 56.4 Å². The van der Waals surface area contributed by atoms with Crippen LogP contribution in [0.15, 0.2) is 79.9 Å². The van der Waals surface area contributed by atoms with Gasteiger partial charge < -0.3 is 133 Å². The van der Waals surface area contributed by atoms with Gasteiger partial charge in [-0.05, 0) is 56.6 Å². The number of anilines is 5. The number of hydrogen-bond acceptors (Lipinski definition) is 38. The lowest BCUT2D eigenvalue weighted by atomic mass is 10.2. The van der Waals surface area contributed by atoms with Gasteiger partial charge in [0.2, 0.25) is 43.3 Å². The van der Waals surface area contributed by atoms with Crippen molar-refractivity contribution in [3.05, 3.63) is 108 Å². The molecule has 668 valence electrons. The van der Waals surface area contributed by atoms with Crippen LogP contribution in [0.1, 0.15) is 48.5 Å². The number of rotatable bonds is 38. The van der Waals surface area contributed by atoms with E-state index in [0.717, 1.165) is 0 Å². The van der Waals surface area contributed by atoms with Gasteiger partial charge in [-0.3, -0.25) is 80.8 Å². The van der Waals surface area contributed by atoms with Crippen LogP contribution in [0.25, 0.3) is 55.8 Å². The van der Waals surface area contributed by atoms with Crippen molar-refractivity contribution in [3.63, 3.8) is 0 Å². The SMILES string of the molecule is C=C(COCP(=O)(O)O)Cn1cnc2c(=O)[nH]c(N)nc21.C=C(COCP(=O)(OCOC(=O)OC(C)C)OCOC(=O)OC(C)C)Cn1cnc2c(=O)[nH]c(N)nc21.CC(COCP(=O)(O)O)Cn1cnc2c(=O)[nH]c(N)nc21.C[C@@H](COCP(=O)(O)O)Cn1cnc2c(=O)[nH]c(N)nc21.C[C@H](COCP(=O)(O)O)Cn1cnc2c(=O)[nH]c(N)nc21. The first kappa shape index (κ1) is 99.1. The molecular weight excluding hydrogens is 1720 g/mol. The fourth-order valence-electron chi connectivity index (χ4n) is 9.83. The maximum Gasteiger partial charge on any atom is 0.510 e. The molecule has 0 aliphatic heterocycles. The van der Waals surface area contributed by atoms with E-state index >= 15 is 0 Å². The van der Waals surface area contributed by atoms with E-state index in [-0.39, 0.29) is 127 Å². The average molecular weight is 1810 g/mol. The first-order chi connectivity index (χ1) is 56.4. The summed E-state index contributed by atoms with van der Waals surface area (Å²) in [5, 5.41) is 0. The fourth-order valence-corrected chi connectivity index (χ4v) is 12.2. The van der Waals surface area contributed by atoms with Crippen molar-refractivity contribution in [3.8, 4) is 0 Å². The summed E-state index contributed by atoms with van der Waals surface area (Å²) in [6, 6.07) is 0. The average Bonchev–Trinajstić information content (AvgIpc) is 1.69. The van der Waals surface area contributed by atoms with E-state index in [0.29, 0.717) is 53.4 Å². The number of imidazole rings is 5. The lowest BCUT2D eigenvalue weighted by Gasteiger charge is -2.19. The summed E-state index contributed by atoms with van der Waals surface area (Å²) >= 11 is 0. The van der Waals surface area contributed by atoms with Crippen LogP contribution in [0.2, 0.25) is 0 Å². The second-order valence-electron chi connectivity index (χ2n) is 26.7. The van der Waals surface area contributed by atoms with Crippen molar-refractivity contribution in [2.75, 3.05) is 107 Å². The zero-order valence-corrected chi connectivity index (χ0v) is 70.0. The standard InChI is InChI=1S/C20H30N5O11P.3C10H16N5O5P.C10H14N5O5P/c1-12(2)35-19(27)31-9-33-37(29,34-10-32-20(28)36-13(3)4)11-30-7-14(5)6-25-8-22-15-16(25)23-18(21)24-17(15)26;4*1-6(3-20-5-21(17,18)19)2-15-4-12-7-8(15)13-10(11)14-9(7)16/h8,12-13H,5-7,9-11H2,1-4H3,(H3,21,23,24,26);3*4,6H,2-3,5H2,1H3,(H2,17,18,19)(H3,11,13,14,16);4H,1-3,5H2,(H2,17,18,19)(H3,11,13,14,16)/t;2*6-;;/m.10../s1. The summed E-state index contributed by atoms with van der Waals surface area (Å²) < 4.78 is 118. The molecule has 0 aromatic carbocycles. The monoisotopic (exact) mass is 1810 g/mol. The Morgan fingerprint density at radius 2 is 0.620 bits per heavy atom. The van der Waals surface area contributed by atoms with Gasteiger partial charge in [0.15, 0.2) is 55.8 Å². The zero-order valence-electron chi connectivity index (χ0n) is 65.5. The molecule has 56 nitrogen and oxygen atoms in total. The number of carbonyl (C=O) groups excluding carboxylic acids is 2. The number of fused-ring (bicyclic) bond motifs is 5. The van der Waals surface area contributed by atoms with Crippen molar-refractivity contribution in [1.82, 2.24) is 97.6 Å². The molecule has 10 rings (SSSR count). The lowest BCUT2D eigenvalue weighted by molar-refractivity contribution is -0.0340. The van der Waals surface area contributed by atoms with E-state index in [1.54, 1.807) is 46.0 Å². The van der Waals surface area contributed by atoms with E-state index in [2.05, 4.69) is 97.4 Å². The van der Waals surface area contributed by atoms with Gasteiger partial charge in [0.1, 0.15) is 31.7 Å². The third-order valence-electron chi connectivity index (χ3n) is 14.4. The van der Waals surface area contributed by atoms with Crippen molar-refractivity contribution < 1.29 is 123 Å². The number of nitrogens with two attached hydrogens (primary N) is 5. The molecule has 0 aliphatic carbocycles. The number of hydrogen-bond donors (Lipinski definition) is 18. The molecule has 23 N–H and O–H groups in total. The van der Waals surface area contributed by atoms with Gasteiger partial charge in [-0.15, -0.1) is 0 Å². The highest BCUT2D eigenvalue weighted by molar-refractivity contribution is 7.53. The Bertz CT molecular complexity index is 5440. The third kappa shape index (κ3) is 34.4. The number of carbonyl (C=O) groups is 2. The van der Waals surface area contributed by atoms with Crippen molar-refractivity contribution >= 4 is 136 Å². The Hall–Kier alpha value is -10.7. The van der Waals surface area contributed by atoms with Gasteiger partial charge in [0.05, 0.1) is 76.9 Å². The molecular formula is C60H92N25O31P5. The highest BCUT2D eigenvalue weighted by Crippen LogP contribution is 2.48. The topological polar surface area (TPSA) is 831 Å². The Kier molecular flexibility index (Phi) is 36.7. The van der Waals surface area contributed by atoms with Crippen molar-refractivity contribution in [2.45, 2.75) is 93.4 Å². The van der Waals surface area contributed by atoms with Gasteiger partial charge >= 0.3 is 50.3 Å². The molecule has 0 aliphatic rings. The molecule has 61 heteroatoms. The first-order valence-corrected chi connectivity index (χ1v) is 43.8. The van der Waals surface area contributed by atoms with Crippen LogP contribution in [-0.4, -0.2) is 240 Å². The summed E-state index contributed by atoms with van der Waals surface area (Å²) in [6.07, 6.45) is 1.05. The molecule has 121 heavy (non-hydrogen) atoms. The largest absolute Gasteiger partial charge is 0.510 e. The van der Waals surface area contributed by atoms with E-state index in [1.165, 1.54) is 36.2 Å². The molecule has 0 amide bonds. The summed E-state index contributed by atoms with van der Waals surface area (Å²) in [4.78, 5) is 203. The molecule has 0 bridgehead atoms. The smallest absolute Gasteiger partial charge is 0.432 e. The highest BCUT2D eigenvalue weighted by atomic mass is 31.2. The minimum atomic E-state index is -4.20. The second kappa shape index (κ2) is 44.7. The number of H-pyrrole nitrogens is 5. The summed E-state index contributed by atoms with van der Waals surface area (Å²) in [5.41, 5.74) is 28.8. The van der Waals surface area contributed by atoms with Gasteiger partial charge in [-0.1, -0.05) is 33.9 Å². The van der Waals surface area contributed by atoms with E-state index in [4.69, 9.17) is 110 Å². The Labute approximate surface area is 680 Å². The molecule has 0 saturated carbocycles. The Balaban J connectivity index is 0.000000240. The zero-order chi connectivity index (χ0) is 90.1. The molecule has 10 aromatic rings. The fraction of sp³-hybridized carbons (Fsp3) is 0.483. The maximum absolute atomic E-state index is 13.0. The van der Waals surface area contributed by atoms with E-state index in [1.807, 2.05) is 20.8 Å². The van der Waals surface area contributed by atoms with Gasteiger partial charge in [-0.2, -0.15) is 24.9 Å². The van der Waals surface area contributed by atoms with Crippen LogP contribution < -0.4 is 56.5 Å². The van der Waals surface area contributed by atoms with Crippen LogP contribution >= 0.6 is 38.0 Å². The van der Waals surface area contributed by atoms with Gasteiger partial charge in [0, 0.05) is 32.7 Å². The van der Waals surface area contributed by atoms with Crippen LogP contribution in [0.5, 0.6) is 0 Å². The normalized spacial score (nSPS) is 12.7. The summed E-state index contributed by atoms with van der Waals surface area (Å²) in [6.45, 7) is 19.9. The highest BCUT2D eigenvalue weighted by Gasteiger charge is 2.29. The van der Waals surface area contributed by atoms with Crippen LogP contribution in [0.4, 0.5) is 39.3 Å². The summed E-state index contributed by atoms with van der Waals surface area (Å²) in [5.74, 6) is -0.282. The number of nitrogens with zero attached hydrogens (tertiary/aromatic N) is 15. The van der Waals surface area contributed by atoms with Crippen LogP contribution in [0.3, 0.4) is 0 Å². The Morgan fingerprint density at radius 3 is 0.868 bits per heavy atom. The molecule has 0 spiro atoms. The quantitative estimate of drug-likeness (QED) is 0.0108. The van der Waals surface area contributed by atoms with Crippen LogP contribution in [0, 0.1) is 17.8 Å². The number of aromatic amines is 5. The van der Waals surface area contributed by atoms with Gasteiger partial charge in [-0.25, -0.2) is 34.5 Å². The summed E-state index contributed by atoms with van der Waals surface area (Å²) in [7, 11) is -20.8. The molecule has 10 heterocycles. The minimum Gasteiger partial charge on any atom is -0.432 e. The molecule has 0 saturated heterocycles. The van der Waals surface area contributed by atoms with Crippen molar-refractivity contribution in [2.24, 2.45) is 17.8 Å². The second-order valence-corrected chi connectivity index (χ2v) is 35.1. The molecule has 0 fully saturated rings. The number of ether oxygens (including phenoxy) is 9. The lowest BCUT2D eigenvalue weighted by Crippen LogP contribution is -2.17. The molecule has 3 atom stereocenters. The third-order valence-corrected chi connectivity index (χ3v) is 18.0. The number of aromatic nitrogens is 20. The number of nitrogen functional groups attached to an aromatic ring is 5. The molecule has 0 radical (unpaired) electrons. The van der Waals surface area contributed by atoms with E-state index < -0.39 is 136 Å². The number of nitrogens with one attached hydrogen (secondary N) is 5. The molecule has 1 unspecified atom stereocenters. The minimum absolute atomic E-state index is 0.000322. The maximum atomic E-state index is 13.0. The Morgan fingerprint density at radius 1 is 0.388 bits per heavy atom. The van der Waals surface area contributed by atoms with Crippen molar-refractivity contribution in [1.29, 1.82) is 0 Å². The predicted octanol–water partition coefficient (Wildman–Crippen LogP) is 0.376. The van der Waals surface area contributed by atoms with Crippen LogP contribution in [-0.2, 0) is 107 Å². The first-order valence-electron chi connectivity index (χ1n) is 34.9. The predicted molar refractivity (Wildman–Crippen MR) is 426 cm³/mol. The van der Waals surface area contributed by atoms with Gasteiger partial charge in [0.25, 0.3) is 27.8 Å².